The average molecular weight is 313 g/mol. The summed E-state index contributed by atoms with van der Waals surface area (Å²) in [5, 5.41) is 13.8. The molecule has 2 aromatic carbocycles. The second kappa shape index (κ2) is 8.46. The van der Waals surface area contributed by atoms with Crippen LogP contribution >= 0.6 is 0 Å². The van der Waals surface area contributed by atoms with E-state index >= 15 is 0 Å². The zero-order valence-electron chi connectivity index (χ0n) is 13.4. The van der Waals surface area contributed by atoms with E-state index in [1.807, 2.05) is 36.4 Å². The van der Waals surface area contributed by atoms with Gasteiger partial charge in [0.25, 0.3) is 5.91 Å². The summed E-state index contributed by atoms with van der Waals surface area (Å²) >= 11 is 0. The lowest BCUT2D eigenvalue weighted by molar-refractivity contribution is -0.00718. The van der Waals surface area contributed by atoms with Crippen molar-refractivity contribution in [2.75, 3.05) is 13.7 Å². The molecule has 0 unspecified atom stereocenters. The standard InChI is InChI=1S/C19H23NO3/c1-23-15-9-8-14-19(22,17-12-6-3-7-13-17)20-18(21)16-10-4-2-5-11-16/h2-7,10-13,22H,8-9,14-15H2,1H3,(H,20,21)/t19-/m1/s1. The highest BCUT2D eigenvalue weighted by Crippen LogP contribution is 2.25. The van der Waals surface area contributed by atoms with Gasteiger partial charge in [0.2, 0.25) is 0 Å². The van der Waals surface area contributed by atoms with Crippen molar-refractivity contribution < 1.29 is 14.6 Å². The van der Waals surface area contributed by atoms with Crippen LogP contribution in [0.15, 0.2) is 60.7 Å². The van der Waals surface area contributed by atoms with E-state index in [0.29, 0.717) is 24.2 Å². The number of carbonyl (C=O) groups is 1. The second-order valence-corrected chi connectivity index (χ2v) is 5.50. The largest absolute Gasteiger partial charge is 0.385 e. The number of hydrogen-bond acceptors (Lipinski definition) is 3. The van der Waals surface area contributed by atoms with E-state index in [-0.39, 0.29) is 5.91 Å². The molecule has 122 valence electrons. The predicted octanol–water partition coefficient (Wildman–Crippen LogP) is 3.08. The van der Waals surface area contributed by atoms with Gasteiger partial charge in [-0.3, -0.25) is 4.79 Å². The topological polar surface area (TPSA) is 58.6 Å². The molecular weight excluding hydrogens is 290 g/mol. The first-order valence-corrected chi connectivity index (χ1v) is 7.80. The van der Waals surface area contributed by atoms with Gasteiger partial charge in [0.05, 0.1) is 0 Å². The lowest BCUT2D eigenvalue weighted by atomic mass is 9.96. The minimum Gasteiger partial charge on any atom is -0.385 e. The van der Waals surface area contributed by atoms with E-state index < -0.39 is 5.72 Å². The molecular formula is C19H23NO3. The van der Waals surface area contributed by atoms with Crippen molar-refractivity contribution in [3.8, 4) is 0 Å². The maximum Gasteiger partial charge on any atom is 0.253 e. The van der Waals surface area contributed by atoms with Crippen molar-refractivity contribution in [1.29, 1.82) is 0 Å². The Morgan fingerprint density at radius 2 is 1.65 bits per heavy atom. The van der Waals surface area contributed by atoms with Gasteiger partial charge in [0.15, 0.2) is 5.72 Å². The Balaban J connectivity index is 2.14. The zero-order valence-corrected chi connectivity index (χ0v) is 13.4. The highest BCUT2D eigenvalue weighted by Gasteiger charge is 2.30. The number of rotatable bonds is 8. The fraction of sp³-hybridized carbons (Fsp3) is 0.316. The van der Waals surface area contributed by atoms with Gasteiger partial charge >= 0.3 is 0 Å². The zero-order chi connectivity index (χ0) is 16.5. The Bertz CT molecular complexity index is 601. The van der Waals surface area contributed by atoms with Crippen molar-refractivity contribution in [2.24, 2.45) is 0 Å². The predicted molar refractivity (Wildman–Crippen MR) is 90.0 cm³/mol. The normalized spacial score (nSPS) is 13.3. The number of nitrogens with one attached hydrogen (secondary N) is 1. The summed E-state index contributed by atoms with van der Waals surface area (Å²) < 4.78 is 5.04. The molecule has 2 N–H and O–H groups in total. The van der Waals surface area contributed by atoms with Gasteiger partial charge in [-0.1, -0.05) is 48.5 Å². The van der Waals surface area contributed by atoms with Crippen LogP contribution in [-0.2, 0) is 10.5 Å². The van der Waals surface area contributed by atoms with Crippen LogP contribution in [0, 0.1) is 0 Å². The van der Waals surface area contributed by atoms with Crippen LogP contribution in [0.4, 0.5) is 0 Å². The summed E-state index contributed by atoms with van der Waals surface area (Å²) in [5.74, 6) is -0.288. The molecule has 0 aliphatic carbocycles. The molecule has 0 saturated heterocycles. The van der Waals surface area contributed by atoms with E-state index in [2.05, 4.69) is 5.32 Å². The lowest BCUT2D eigenvalue weighted by Crippen LogP contribution is -2.46. The molecule has 1 amide bonds. The SMILES string of the molecule is COCCCC[C@](O)(NC(=O)c1ccccc1)c1ccccc1. The molecule has 0 aliphatic rings. The van der Waals surface area contributed by atoms with Crippen molar-refractivity contribution in [3.63, 3.8) is 0 Å². The first-order chi connectivity index (χ1) is 11.2. The quantitative estimate of drug-likeness (QED) is 0.581. The van der Waals surface area contributed by atoms with Crippen molar-refractivity contribution in [1.82, 2.24) is 5.32 Å². The van der Waals surface area contributed by atoms with Crippen LogP contribution in [0.1, 0.15) is 35.2 Å². The van der Waals surface area contributed by atoms with Crippen LogP contribution in [-0.4, -0.2) is 24.7 Å². The highest BCUT2D eigenvalue weighted by atomic mass is 16.5. The summed E-state index contributed by atoms with van der Waals surface area (Å²) in [6.45, 7) is 0.636. The molecule has 0 heterocycles. The number of carbonyl (C=O) groups excluding carboxylic acids is 1. The number of amides is 1. The third-order valence-electron chi connectivity index (χ3n) is 3.74. The van der Waals surface area contributed by atoms with Crippen molar-refractivity contribution >= 4 is 5.91 Å². The number of hydrogen-bond donors (Lipinski definition) is 2. The Hall–Kier alpha value is -2.17. The van der Waals surface area contributed by atoms with E-state index in [4.69, 9.17) is 4.74 Å². The minimum atomic E-state index is -1.39. The maximum atomic E-state index is 12.4. The molecule has 0 fully saturated rings. The number of methoxy groups -OCH3 is 1. The number of aliphatic hydroxyl groups is 1. The third kappa shape index (κ3) is 4.91. The average Bonchev–Trinajstić information content (AvgIpc) is 2.60. The molecule has 4 nitrogen and oxygen atoms in total. The molecule has 23 heavy (non-hydrogen) atoms. The van der Waals surface area contributed by atoms with Crippen LogP contribution < -0.4 is 5.32 Å². The van der Waals surface area contributed by atoms with Gasteiger partial charge in [-0.2, -0.15) is 0 Å². The first-order valence-electron chi connectivity index (χ1n) is 7.80. The maximum absolute atomic E-state index is 12.4. The Morgan fingerprint density at radius 1 is 1.04 bits per heavy atom. The van der Waals surface area contributed by atoms with Crippen LogP contribution in [0.5, 0.6) is 0 Å². The van der Waals surface area contributed by atoms with Gasteiger partial charge in [-0.05, 0) is 31.4 Å². The Morgan fingerprint density at radius 3 is 2.26 bits per heavy atom. The lowest BCUT2D eigenvalue weighted by Gasteiger charge is -2.30. The first kappa shape index (κ1) is 17.2. The third-order valence-corrected chi connectivity index (χ3v) is 3.74. The molecule has 0 aromatic heterocycles. The molecule has 1 atom stereocenters. The number of ether oxygens (including phenoxy) is 1. The van der Waals surface area contributed by atoms with E-state index in [9.17, 15) is 9.90 Å². The van der Waals surface area contributed by atoms with Gasteiger partial charge in [-0.25, -0.2) is 0 Å². The summed E-state index contributed by atoms with van der Waals surface area (Å²) in [6, 6.07) is 18.1. The fourth-order valence-corrected chi connectivity index (χ4v) is 2.47. The Labute approximate surface area is 137 Å². The van der Waals surface area contributed by atoms with Gasteiger partial charge < -0.3 is 15.2 Å². The number of benzene rings is 2. The van der Waals surface area contributed by atoms with Crippen molar-refractivity contribution in [2.45, 2.75) is 25.0 Å². The molecule has 0 saturated carbocycles. The van der Waals surface area contributed by atoms with Crippen LogP contribution in [0.3, 0.4) is 0 Å². The molecule has 2 aromatic rings. The summed E-state index contributed by atoms with van der Waals surface area (Å²) in [5.41, 5.74) is -0.178. The fourth-order valence-electron chi connectivity index (χ4n) is 2.47. The highest BCUT2D eigenvalue weighted by molar-refractivity contribution is 5.94. The van der Waals surface area contributed by atoms with E-state index in [0.717, 1.165) is 12.8 Å². The molecule has 4 heteroatoms. The molecule has 0 bridgehead atoms. The second-order valence-electron chi connectivity index (χ2n) is 5.50. The molecule has 0 radical (unpaired) electrons. The minimum absolute atomic E-state index is 0.288. The summed E-state index contributed by atoms with van der Waals surface area (Å²) in [4.78, 5) is 12.4. The van der Waals surface area contributed by atoms with E-state index in [1.54, 1.807) is 31.4 Å². The molecule has 0 aliphatic heterocycles. The summed E-state index contributed by atoms with van der Waals surface area (Å²) in [7, 11) is 1.65. The van der Waals surface area contributed by atoms with Gasteiger partial charge in [-0.15, -0.1) is 0 Å². The summed E-state index contributed by atoms with van der Waals surface area (Å²) in [6.07, 6.45) is 2.00. The van der Waals surface area contributed by atoms with Gasteiger partial charge in [0, 0.05) is 24.8 Å². The van der Waals surface area contributed by atoms with Crippen LogP contribution in [0.25, 0.3) is 0 Å². The van der Waals surface area contributed by atoms with Gasteiger partial charge in [0.1, 0.15) is 0 Å². The monoisotopic (exact) mass is 313 g/mol. The Kier molecular flexibility index (Phi) is 6.32. The van der Waals surface area contributed by atoms with Crippen LogP contribution in [0.2, 0.25) is 0 Å². The molecule has 2 rings (SSSR count). The number of unbranched alkanes of at least 4 members (excludes halogenated alkanes) is 1. The van der Waals surface area contributed by atoms with E-state index in [1.165, 1.54) is 0 Å². The van der Waals surface area contributed by atoms with Crippen molar-refractivity contribution in [3.05, 3.63) is 71.8 Å². The smallest absolute Gasteiger partial charge is 0.253 e. The molecule has 0 spiro atoms.